The second-order valence-electron chi connectivity index (χ2n) is 5.67. The van der Waals surface area contributed by atoms with Crippen LogP contribution in [0.2, 0.25) is 0 Å². The van der Waals surface area contributed by atoms with Gasteiger partial charge in [-0.05, 0) is 12.1 Å². The summed E-state index contributed by atoms with van der Waals surface area (Å²) in [5.74, 6) is 1.77. The Hall–Kier alpha value is -3.24. The summed E-state index contributed by atoms with van der Waals surface area (Å²) >= 11 is 0. The van der Waals surface area contributed by atoms with E-state index in [1.54, 1.807) is 35.6 Å². The van der Waals surface area contributed by atoms with Crippen LogP contribution in [0.1, 0.15) is 0 Å². The van der Waals surface area contributed by atoms with Crippen molar-refractivity contribution < 1.29 is 9.53 Å². The Bertz CT molecular complexity index is 839. The first-order valence-electron chi connectivity index (χ1n) is 8.10. The first-order chi connectivity index (χ1) is 12.8. The normalized spacial score (nSPS) is 15.7. The predicted molar refractivity (Wildman–Crippen MR) is 95.9 cm³/mol. The number of carbonyl (C=O) groups is 1. The Labute approximate surface area is 149 Å². The molecule has 0 radical (unpaired) electrons. The molecule has 4 heterocycles. The second kappa shape index (κ2) is 6.94. The molecule has 0 saturated carbocycles. The number of hydrogen-bond acceptors (Lipinski definition) is 9. The molecule has 10 heteroatoms. The van der Waals surface area contributed by atoms with Gasteiger partial charge in [-0.2, -0.15) is 0 Å². The van der Waals surface area contributed by atoms with Crippen LogP contribution >= 0.6 is 0 Å². The molecule has 2 aliphatic rings. The molecule has 0 bridgehead atoms. The number of hydrazine groups is 2. The molecule has 0 spiro atoms. The van der Waals surface area contributed by atoms with Crippen LogP contribution in [-0.2, 0) is 9.53 Å². The lowest BCUT2D eigenvalue weighted by atomic mass is 10.2. The van der Waals surface area contributed by atoms with Gasteiger partial charge >= 0.3 is 0 Å². The Morgan fingerprint density at radius 2 is 2.19 bits per heavy atom. The van der Waals surface area contributed by atoms with Crippen molar-refractivity contribution in [3.8, 4) is 11.3 Å². The monoisotopic (exact) mass is 354 g/mol. The lowest BCUT2D eigenvalue weighted by Gasteiger charge is -2.28. The highest BCUT2D eigenvalue weighted by Crippen LogP contribution is 2.28. The zero-order chi connectivity index (χ0) is 17.9. The molecule has 2 aromatic heterocycles. The van der Waals surface area contributed by atoms with E-state index in [0.29, 0.717) is 30.5 Å². The van der Waals surface area contributed by atoms with Crippen molar-refractivity contribution in [2.75, 3.05) is 42.0 Å². The SMILES string of the molecule is COCCN1C(=O)CNc2ncc(-c3ccc(N4C=CNN4)nc3)nc21. The highest BCUT2D eigenvalue weighted by molar-refractivity contribution is 6.00. The molecule has 10 nitrogen and oxygen atoms in total. The molecule has 4 rings (SSSR count). The summed E-state index contributed by atoms with van der Waals surface area (Å²) in [5, 5.41) is 4.74. The molecule has 0 atom stereocenters. The van der Waals surface area contributed by atoms with Gasteiger partial charge in [0.05, 0.1) is 31.6 Å². The molecular formula is C16H18N8O2. The number of amides is 1. The third kappa shape index (κ3) is 3.03. The highest BCUT2D eigenvalue weighted by Gasteiger charge is 2.26. The van der Waals surface area contributed by atoms with E-state index in [2.05, 4.69) is 31.2 Å². The van der Waals surface area contributed by atoms with E-state index in [4.69, 9.17) is 4.74 Å². The summed E-state index contributed by atoms with van der Waals surface area (Å²) in [4.78, 5) is 27.3. The van der Waals surface area contributed by atoms with Crippen molar-refractivity contribution in [3.63, 3.8) is 0 Å². The second-order valence-corrected chi connectivity index (χ2v) is 5.67. The van der Waals surface area contributed by atoms with Gasteiger partial charge in [0, 0.05) is 31.3 Å². The molecule has 2 aliphatic heterocycles. The Balaban J connectivity index is 1.62. The fourth-order valence-corrected chi connectivity index (χ4v) is 2.69. The van der Waals surface area contributed by atoms with E-state index in [0.717, 1.165) is 11.4 Å². The van der Waals surface area contributed by atoms with E-state index in [9.17, 15) is 4.79 Å². The molecule has 0 aliphatic carbocycles. The minimum atomic E-state index is -0.0612. The van der Waals surface area contributed by atoms with Crippen LogP contribution in [0.25, 0.3) is 11.3 Å². The number of fused-ring (bicyclic) bond motifs is 1. The maximum Gasteiger partial charge on any atom is 0.247 e. The number of hydrogen-bond donors (Lipinski definition) is 3. The van der Waals surface area contributed by atoms with Gasteiger partial charge in [-0.3, -0.25) is 9.69 Å². The Morgan fingerprint density at radius 1 is 1.27 bits per heavy atom. The van der Waals surface area contributed by atoms with Crippen molar-refractivity contribution in [3.05, 3.63) is 36.9 Å². The van der Waals surface area contributed by atoms with E-state index >= 15 is 0 Å². The fraction of sp³-hybridized carbons (Fsp3) is 0.250. The largest absolute Gasteiger partial charge is 0.383 e. The van der Waals surface area contributed by atoms with Gasteiger partial charge in [-0.1, -0.05) is 0 Å². The van der Waals surface area contributed by atoms with E-state index in [1.165, 1.54) is 0 Å². The molecule has 3 N–H and O–H groups in total. The van der Waals surface area contributed by atoms with Gasteiger partial charge in [-0.15, -0.1) is 5.53 Å². The molecule has 0 aromatic carbocycles. The van der Waals surface area contributed by atoms with Crippen molar-refractivity contribution in [1.29, 1.82) is 0 Å². The maximum atomic E-state index is 12.2. The molecule has 1 amide bonds. The summed E-state index contributed by atoms with van der Waals surface area (Å²) in [5.41, 5.74) is 7.23. The maximum absolute atomic E-state index is 12.2. The van der Waals surface area contributed by atoms with E-state index < -0.39 is 0 Å². The van der Waals surface area contributed by atoms with Gasteiger partial charge in [0.2, 0.25) is 5.91 Å². The smallest absolute Gasteiger partial charge is 0.247 e. The average Bonchev–Trinajstić information content (AvgIpc) is 3.22. The molecule has 0 fully saturated rings. The standard InChI is InChI=1S/C16H18N8O2/c1-26-7-6-23-14(25)10-19-15-16(23)21-12(9-18-15)11-2-3-13(17-8-11)24-5-4-20-22-24/h2-5,8-9,20,22H,6-7,10H2,1H3,(H,18,19). The van der Waals surface area contributed by atoms with Crippen molar-refractivity contribution in [1.82, 2.24) is 25.9 Å². The summed E-state index contributed by atoms with van der Waals surface area (Å²) < 4.78 is 5.09. The van der Waals surface area contributed by atoms with Crippen LogP contribution < -0.4 is 26.2 Å². The number of nitrogens with one attached hydrogen (secondary N) is 3. The van der Waals surface area contributed by atoms with Gasteiger partial charge in [0.15, 0.2) is 11.6 Å². The fourth-order valence-electron chi connectivity index (χ4n) is 2.69. The number of nitrogens with zero attached hydrogens (tertiary/aromatic N) is 5. The summed E-state index contributed by atoms with van der Waals surface area (Å²) in [7, 11) is 1.60. The van der Waals surface area contributed by atoms with Crippen LogP contribution in [-0.4, -0.2) is 47.7 Å². The summed E-state index contributed by atoms with van der Waals surface area (Å²) in [6.45, 7) is 1.06. The number of aromatic nitrogens is 3. The van der Waals surface area contributed by atoms with Crippen LogP contribution in [0.15, 0.2) is 36.9 Å². The van der Waals surface area contributed by atoms with Gasteiger partial charge < -0.3 is 15.5 Å². The summed E-state index contributed by atoms with van der Waals surface area (Å²) in [6, 6.07) is 3.77. The van der Waals surface area contributed by atoms with Crippen molar-refractivity contribution >= 4 is 23.4 Å². The van der Waals surface area contributed by atoms with Crippen LogP contribution in [0.4, 0.5) is 17.5 Å². The lowest BCUT2D eigenvalue weighted by Crippen LogP contribution is -2.42. The number of carbonyl (C=O) groups excluding carboxylic acids is 1. The highest BCUT2D eigenvalue weighted by atomic mass is 16.5. The topological polar surface area (TPSA) is 108 Å². The van der Waals surface area contributed by atoms with Crippen molar-refractivity contribution in [2.45, 2.75) is 0 Å². The van der Waals surface area contributed by atoms with Crippen LogP contribution in [0.3, 0.4) is 0 Å². The van der Waals surface area contributed by atoms with Gasteiger partial charge in [-0.25, -0.2) is 20.0 Å². The van der Waals surface area contributed by atoms with Crippen LogP contribution in [0.5, 0.6) is 0 Å². The first kappa shape index (κ1) is 16.2. The predicted octanol–water partition coefficient (Wildman–Crippen LogP) is 0.244. The molecule has 2 aromatic rings. The van der Waals surface area contributed by atoms with E-state index in [-0.39, 0.29) is 12.5 Å². The Kier molecular flexibility index (Phi) is 4.33. The number of anilines is 3. The summed E-state index contributed by atoms with van der Waals surface area (Å²) in [6.07, 6.45) is 6.98. The zero-order valence-corrected chi connectivity index (χ0v) is 14.1. The number of methoxy groups -OCH3 is 1. The minimum Gasteiger partial charge on any atom is -0.383 e. The van der Waals surface area contributed by atoms with Crippen LogP contribution in [0, 0.1) is 0 Å². The number of ether oxygens (including phenoxy) is 1. The third-order valence-electron chi connectivity index (χ3n) is 4.02. The molecule has 0 saturated heterocycles. The van der Waals surface area contributed by atoms with Gasteiger partial charge in [0.1, 0.15) is 5.82 Å². The molecule has 26 heavy (non-hydrogen) atoms. The zero-order valence-electron chi connectivity index (χ0n) is 14.1. The quantitative estimate of drug-likeness (QED) is 0.696. The third-order valence-corrected chi connectivity index (χ3v) is 4.02. The number of rotatable bonds is 5. The lowest BCUT2D eigenvalue weighted by molar-refractivity contribution is -0.117. The molecular weight excluding hydrogens is 336 g/mol. The molecule has 0 unspecified atom stereocenters. The van der Waals surface area contributed by atoms with Gasteiger partial charge in [0.25, 0.3) is 0 Å². The number of pyridine rings is 1. The average molecular weight is 354 g/mol. The minimum absolute atomic E-state index is 0.0612. The molecule has 134 valence electrons. The Morgan fingerprint density at radius 3 is 2.92 bits per heavy atom. The van der Waals surface area contributed by atoms with E-state index in [1.807, 2.05) is 18.3 Å². The van der Waals surface area contributed by atoms with Crippen molar-refractivity contribution in [2.24, 2.45) is 0 Å². The first-order valence-corrected chi connectivity index (χ1v) is 8.10.